The number of alkyl carbamates (subject to hydrolysis) is 1. The molecule has 134 valence electrons. The average Bonchev–Trinajstić information content (AvgIpc) is 2.57. The Kier molecular flexibility index (Phi) is 31.6. The van der Waals surface area contributed by atoms with E-state index in [1.807, 2.05) is 6.79 Å². The first-order chi connectivity index (χ1) is 11.2. The fourth-order valence-electron chi connectivity index (χ4n) is 1.06. The molecule has 0 saturated carbocycles. The maximum absolute atomic E-state index is 10.7. The molecule has 0 heterocycles. The van der Waals surface area contributed by atoms with Crippen LogP contribution >= 0.6 is 0 Å². The third kappa shape index (κ3) is 33.0. The first-order valence-corrected chi connectivity index (χ1v) is 7.31. The third-order valence-electron chi connectivity index (χ3n) is 2.05. The first kappa shape index (κ1) is 25.8. The van der Waals surface area contributed by atoms with Crippen LogP contribution in [0.15, 0.2) is 0 Å². The zero-order valence-corrected chi connectivity index (χ0v) is 13.7. The molecule has 1 amide bonds. The van der Waals surface area contributed by atoms with Crippen LogP contribution < -0.4 is 5.32 Å². The number of ether oxygens (including phenoxy) is 2. The van der Waals surface area contributed by atoms with Gasteiger partial charge in [-0.25, -0.2) is 4.79 Å². The lowest BCUT2D eigenvalue weighted by Crippen LogP contribution is -2.27. The standard InChI is InChI=1S/C9H17NO4.C5H8O2.CH2O/c1-2-14-9(12)10-5-8-13-7-4-3-6-11;6-4-2-1-3-5-7;1-2/h6H,2-5,7-8H2,1H3,(H,10,12);4-5H,1-3H2;1H2. The predicted octanol–water partition coefficient (Wildman–Crippen LogP) is 1.10. The molecule has 0 aliphatic carbocycles. The van der Waals surface area contributed by atoms with E-state index in [-0.39, 0.29) is 0 Å². The molecule has 8 heteroatoms. The predicted molar refractivity (Wildman–Crippen MR) is 84.2 cm³/mol. The summed E-state index contributed by atoms with van der Waals surface area (Å²) in [4.78, 5) is 47.8. The minimum atomic E-state index is -0.427. The molecule has 0 radical (unpaired) electrons. The average molecular weight is 333 g/mol. The van der Waals surface area contributed by atoms with Crippen LogP contribution in [0.5, 0.6) is 0 Å². The molecule has 1 N–H and O–H groups in total. The van der Waals surface area contributed by atoms with E-state index in [0.29, 0.717) is 52.0 Å². The fourth-order valence-corrected chi connectivity index (χ4v) is 1.06. The van der Waals surface area contributed by atoms with Crippen LogP contribution in [0, 0.1) is 0 Å². The molecule has 0 spiro atoms. The van der Waals surface area contributed by atoms with E-state index in [1.165, 1.54) is 0 Å². The Morgan fingerprint density at radius 3 is 1.96 bits per heavy atom. The Labute approximate surface area is 136 Å². The van der Waals surface area contributed by atoms with Crippen molar-refractivity contribution in [3.8, 4) is 0 Å². The van der Waals surface area contributed by atoms with Crippen LogP contribution in [0.1, 0.15) is 39.0 Å². The zero-order valence-electron chi connectivity index (χ0n) is 13.7. The molecule has 0 unspecified atom stereocenters. The van der Waals surface area contributed by atoms with Crippen molar-refractivity contribution in [2.45, 2.75) is 39.0 Å². The summed E-state index contributed by atoms with van der Waals surface area (Å²) in [5, 5.41) is 2.52. The number of aldehydes is 3. The Bertz CT molecular complexity index is 277. The van der Waals surface area contributed by atoms with E-state index in [4.69, 9.17) is 9.53 Å². The van der Waals surface area contributed by atoms with Crippen LogP contribution in [-0.2, 0) is 28.7 Å². The maximum Gasteiger partial charge on any atom is 0.407 e. The third-order valence-corrected chi connectivity index (χ3v) is 2.05. The van der Waals surface area contributed by atoms with Gasteiger partial charge in [0.25, 0.3) is 0 Å². The van der Waals surface area contributed by atoms with Crippen LogP contribution in [0.2, 0.25) is 0 Å². The van der Waals surface area contributed by atoms with E-state index in [2.05, 4.69) is 10.1 Å². The minimum Gasteiger partial charge on any atom is -0.450 e. The van der Waals surface area contributed by atoms with Crippen molar-refractivity contribution in [1.29, 1.82) is 0 Å². The number of carbonyl (C=O) groups excluding carboxylic acids is 5. The normalized spacial score (nSPS) is 8.39. The van der Waals surface area contributed by atoms with E-state index in [1.54, 1.807) is 6.92 Å². The van der Waals surface area contributed by atoms with Crippen molar-refractivity contribution in [2.75, 3.05) is 26.4 Å². The number of unbranched alkanes of at least 4 members (excludes halogenated alkanes) is 3. The van der Waals surface area contributed by atoms with Crippen molar-refractivity contribution in [2.24, 2.45) is 0 Å². The molecule has 0 aromatic heterocycles. The summed E-state index contributed by atoms with van der Waals surface area (Å²) < 4.78 is 9.77. The second-order valence-corrected chi connectivity index (χ2v) is 3.83. The molecule has 0 atom stereocenters. The fraction of sp³-hybridized carbons (Fsp3) is 0.667. The van der Waals surface area contributed by atoms with Crippen LogP contribution in [0.3, 0.4) is 0 Å². The van der Waals surface area contributed by atoms with Gasteiger partial charge < -0.3 is 34.0 Å². The van der Waals surface area contributed by atoms with Crippen molar-refractivity contribution < 1.29 is 33.4 Å². The van der Waals surface area contributed by atoms with Crippen LogP contribution in [-0.4, -0.2) is 58.1 Å². The van der Waals surface area contributed by atoms with E-state index in [9.17, 15) is 19.2 Å². The number of carbonyl (C=O) groups is 5. The molecule has 23 heavy (non-hydrogen) atoms. The molecule has 0 aromatic carbocycles. The van der Waals surface area contributed by atoms with Gasteiger partial charge in [-0.3, -0.25) is 0 Å². The minimum absolute atomic E-state index is 0.367. The van der Waals surface area contributed by atoms with Gasteiger partial charge in [0, 0.05) is 32.4 Å². The van der Waals surface area contributed by atoms with Crippen LogP contribution in [0.25, 0.3) is 0 Å². The molecule has 8 nitrogen and oxygen atoms in total. The first-order valence-electron chi connectivity index (χ1n) is 7.31. The second kappa shape index (κ2) is 28.1. The number of nitrogens with one attached hydrogen (secondary N) is 1. The summed E-state index contributed by atoms with van der Waals surface area (Å²) in [7, 11) is 0. The van der Waals surface area contributed by atoms with Gasteiger partial charge in [-0.05, 0) is 19.8 Å². The smallest absolute Gasteiger partial charge is 0.407 e. The Balaban J connectivity index is -0.000000373. The SMILES string of the molecule is C=O.CCOC(=O)NCCOCCCC=O.O=CCCCC=O. The molecule has 0 rings (SSSR count). The van der Waals surface area contributed by atoms with Crippen molar-refractivity contribution in [3.63, 3.8) is 0 Å². The summed E-state index contributed by atoms with van der Waals surface area (Å²) >= 11 is 0. The highest BCUT2D eigenvalue weighted by Gasteiger charge is 1.97. The monoisotopic (exact) mass is 333 g/mol. The van der Waals surface area contributed by atoms with Gasteiger partial charge >= 0.3 is 6.09 Å². The molecule has 0 bridgehead atoms. The zero-order chi connectivity index (χ0) is 18.2. The topological polar surface area (TPSA) is 116 Å². The van der Waals surface area contributed by atoms with E-state index in [0.717, 1.165) is 25.3 Å². The Morgan fingerprint density at radius 2 is 1.48 bits per heavy atom. The summed E-state index contributed by atoms with van der Waals surface area (Å²) in [6, 6.07) is 0. The molecule has 0 aliphatic heterocycles. The van der Waals surface area contributed by atoms with Gasteiger partial charge in [-0.1, -0.05) is 0 Å². The van der Waals surface area contributed by atoms with Gasteiger partial charge in [0.05, 0.1) is 13.2 Å². The summed E-state index contributed by atoms with van der Waals surface area (Å²) in [6.07, 6.45) is 5.05. The largest absolute Gasteiger partial charge is 0.450 e. The maximum atomic E-state index is 10.7. The number of hydrogen-bond acceptors (Lipinski definition) is 7. The number of amides is 1. The Morgan fingerprint density at radius 1 is 0.957 bits per heavy atom. The summed E-state index contributed by atoms with van der Waals surface area (Å²) in [6.45, 7) is 5.53. The van der Waals surface area contributed by atoms with Gasteiger partial charge in [-0.15, -0.1) is 0 Å². The van der Waals surface area contributed by atoms with E-state index >= 15 is 0 Å². The van der Waals surface area contributed by atoms with E-state index < -0.39 is 6.09 Å². The number of hydrogen-bond donors (Lipinski definition) is 1. The second-order valence-electron chi connectivity index (χ2n) is 3.83. The Hall–Kier alpha value is -2.09. The highest BCUT2D eigenvalue weighted by atomic mass is 16.5. The van der Waals surface area contributed by atoms with Crippen molar-refractivity contribution >= 4 is 31.7 Å². The van der Waals surface area contributed by atoms with Gasteiger partial charge in [0.15, 0.2) is 0 Å². The van der Waals surface area contributed by atoms with Crippen molar-refractivity contribution in [3.05, 3.63) is 0 Å². The number of rotatable bonds is 12. The highest BCUT2D eigenvalue weighted by Crippen LogP contribution is 1.86. The highest BCUT2D eigenvalue weighted by molar-refractivity contribution is 5.66. The molecule has 0 fully saturated rings. The lowest BCUT2D eigenvalue weighted by Gasteiger charge is -2.05. The molecule has 0 aliphatic rings. The van der Waals surface area contributed by atoms with Gasteiger partial charge in [-0.2, -0.15) is 0 Å². The summed E-state index contributed by atoms with van der Waals surface area (Å²) in [5.74, 6) is 0. The van der Waals surface area contributed by atoms with Crippen molar-refractivity contribution in [1.82, 2.24) is 5.32 Å². The summed E-state index contributed by atoms with van der Waals surface area (Å²) in [5.41, 5.74) is 0. The lowest BCUT2D eigenvalue weighted by atomic mass is 10.3. The van der Waals surface area contributed by atoms with Gasteiger partial charge in [0.1, 0.15) is 25.6 Å². The lowest BCUT2D eigenvalue weighted by molar-refractivity contribution is -0.109. The quantitative estimate of drug-likeness (QED) is 0.420. The molecule has 0 saturated heterocycles. The van der Waals surface area contributed by atoms with Gasteiger partial charge in [0.2, 0.25) is 0 Å². The van der Waals surface area contributed by atoms with Crippen LogP contribution in [0.4, 0.5) is 4.79 Å². The molecular formula is C15H27NO7. The molecular weight excluding hydrogens is 306 g/mol. The molecule has 0 aromatic rings.